The van der Waals surface area contributed by atoms with Crippen LogP contribution < -0.4 is 0 Å². The number of para-hydroxylation sites is 2. The molecule has 0 spiro atoms. The maximum absolute atomic E-state index is 2.48. The van der Waals surface area contributed by atoms with Crippen molar-refractivity contribution in [3.8, 4) is 33.6 Å². The first kappa shape index (κ1) is 26.8. The molecule has 0 atom stereocenters. The van der Waals surface area contributed by atoms with Crippen LogP contribution in [-0.2, 0) is 0 Å². The fourth-order valence-corrected chi connectivity index (χ4v) is 7.69. The van der Waals surface area contributed by atoms with Gasteiger partial charge in [0.1, 0.15) is 0 Å². The summed E-state index contributed by atoms with van der Waals surface area (Å²) in [5.41, 5.74) is 12.0. The van der Waals surface area contributed by atoms with Crippen molar-refractivity contribution in [2.75, 3.05) is 0 Å². The average Bonchev–Trinajstić information content (AvgIpc) is 3.68. The van der Waals surface area contributed by atoms with E-state index in [0.29, 0.717) is 0 Å². The highest BCUT2D eigenvalue weighted by atomic mass is 15.0. The van der Waals surface area contributed by atoms with Gasteiger partial charge in [0.2, 0.25) is 0 Å². The highest BCUT2D eigenvalue weighted by molar-refractivity contribution is 6.23. The van der Waals surface area contributed by atoms with Gasteiger partial charge in [-0.1, -0.05) is 140 Å². The molecule has 48 heavy (non-hydrogen) atoms. The van der Waals surface area contributed by atoms with Gasteiger partial charge < -0.3 is 9.13 Å². The summed E-state index contributed by atoms with van der Waals surface area (Å²) in [6.45, 7) is 0. The third-order valence-electron chi connectivity index (χ3n) is 9.87. The number of hydrogen-bond donors (Lipinski definition) is 0. The molecular formula is C46H30N2. The summed E-state index contributed by atoms with van der Waals surface area (Å²) < 4.78 is 4.95. The molecular weight excluding hydrogens is 581 g/mol. The molecule has 2 heteroatoms. The number of fused-ring (bicyclic) bond motifs is 8. The van der Waals surface area contributed by atoms with E-state index in [1.54, 1.807) is 0 Å². The quantitative estimate of drug-likeness (QED) is 0.188. The van der Waals surface area contributed by atoms with Crippen LogP contribution in [-0.4, -0.2) is 9.13 Å². The third kappa shape index (κ3) is 4.06. The van der Waals surface area contributed by atoms with E-state index in [-0.39, 0.29) is 0 Å². The molecule has 10 rings (SSSR count). The van der Waals surface area contributed by atoms with E-state index in [1.807, 2.05) is 0 Å². The van der Waals surface area contributed by atoms with Crippen LogP contribution in [0.5, 0.6) is 0 Å². The standard InChI is InChI=1S/C46H30N2/c1-2-12-31(13-3-1)34-16-10-18-37(29-34)47-43-22-8-6-20-39(43)41-26-27-42-40-21-7-9-23-44(40)48(46(42)45(41)47)38-19-11-17-35(30-38)36-25-24-32-14-4-5-15-33(32)28-36/h1-30H. The van der Waals surface area contributed by atoms with Crippen molar-refractivity contribution in [3.63, 3.8) is 0 Å². The second-order valence-corrected chi connectivity index (χ2v) is 12.6. The van der Waals surface area contributed by atoms with Gasteiger partial charge in [0.25, 0.3) is 0 Å². The van der Waals surface area contributed by atoms with Gasteiger partial charge in [-0.2, -0.15) is 0 Å². The van der Waals surface area contributed by atoms with Gasteiger partial charge >= 0.3 is 0 Å². The Labute approximate surface area is 278 Å². The van der Waals surface area contributed by atoms with Crippen molar-refractivity contribution < 1.29 is 0 Å². The van der Waals surface area contributed by atoms with Crippen molar-refractivity contribution in [1.29, 1.82) is 0 Å². The Hall–Kier alpha value is -6.38. The molecule has 2 aromatic heterocycles. The minimum Gasteiger partial charge on any atom is -0.307 e. The first-order valence-electron chi connectivity index (χ1n) is 16.5. The summed E-state index contributed by atoms with van der Waals surface area (Å²) in [6.07, 6.45) is 0. The van der Waals surface area contributed by atoms with E-state index in [2.05, 4.69) is 191 Å². The van der Waals surface area contributed by atoms with Gasteiger partial charge in [-0.15, -0.1) is 0 Å². The van der Waals surface area contributed by atoms with E-state index in [9.17, 15) is 0 Å². The average molecular weight is 611 g/mol. The Morgan fingerprint density at radius 2 is 0.750 bits per heavy atom. The first-order chi connectivity index (χ1) is 23.8. The zero-order valence-corrected chi connectivity index (χ0v) is 26.2. The van der Waals surface area contributed by atoms with Crippen molar-refractivity contribution in [1.82, 2.24) is 9.13 Å². The topological polar surface area (TPSA) is 9.86 Å². The summed E-state index contributed by atoms with van der Waals surface area (Å²) in [5, 5.41) is 7.50. The van der Waals surface area contributed by atoms with Crippen molar-refractivity contribution >= 4 is 54.4 Å². The van der Waals surface area contributed by atoms with Gasteiger partial charge in [-0.05, 0) is 75.5 Å². The first-order valence-corrected chi connectivity index (χ1v) is 16.5. The predicted molar refractivity (Wildman–Crippen MR) is 203 cm³/mol. The molecule has 224 valence electrons. The Morgan fingerprint density at radius 1 is 0.271 bits per heavy atom. The van der Waals surface area contributed by atoms with Gasteiger partial charge in [-0.3, -0.25) is 0 Å². The molecule has 0 radical (unpaired) electrons. The Kier molecular flexibility index (Phi) is 5.91. The monoisotopic (exact) mass is 610 g/mol. The van der Waals surface area contributed by atoms with E-state index in [0.717, 1.165) is 11.4 Å². The minimum absolute atomic E-state index is 1.15. The van der Waals surface area contributed by atoms with Gasteiger partial charge in [0.15, 0.2) is 0 Å². The SMILES string of the molecule is c1ccc(-c2cccc(-n3c4ccccc4c4ccc5c6ccccc6n(-c6cccc(-c7ccc8ccccc8c7)c6)c5c43)c2)cc1. The molecule has 0 fully saturated rings. The van der Waals surface area contributed by atoms with Crippen LogP contribution in [0.4, 0.5) is 0 Å². The minimum atomic E-state index is 1.15. The van der Waals surface area contributed by atoms with Crippen LogP contribution in [0.15, 0.2) is 182 Å². The lowest BCUT2D eigenvalue weighted by molar-refractivity contribution is 1.15. The zero-order valence-electron chi connectivity index (χ0n) is 26.2. The van der Waals surface area contributed by atoms with Crippen LogP contribution >= 0.6 is 0 Å². The number of benzene rings is 8. The smallest absolute Gasteiger partial charge is 0.0788 e. The van der Waals surface area contributed by atoms with Crippen LogP contribution in [0, 0.1) is 0 Å². The van der Waals surface area contributed by atoms with Crippen LogP contribution in [0.3, 0.4) is 0 Å². The van der Waals surface area contributed by atoms with Crippen LogP contribution in [0.2, 0.25) is 0 Å². The number of aromatic nitrogens is 2. The third-order valence-corrected chi connectivity index (χ3v) is 9.87. The lowest BCUT2D eigenvalue weighted by Crippen LogP contribution is -1.99. The highest BCUT2D eigenvalue weighted by Crippen LogP contribution is 2.42. The maximum Gasteiger partial charge on any atom is 0.0788 e. The van der Waals surface area contributed by atoms with Crippen molar-refractivity contribution in [3.05, 3.63) is 182 Å². The van der Waals surface area contributed by atoms with E-state index >= 15 is 0 Å². The molecule has 0 aliphatic carbocycles. The van der Waals surface area contributed by atoms with Crippen molar-refractivity contribution in [2.45, 2.75) is 0 Å². The lowest BCUT2D eigenvalue weighted by atomic mass is 10.0. The predicted octanol–water partition coefficient (Wildman–Crippen LogP) is 12.4. The normalized spacial score (nSPS) is 11.8. The van der Waals surface area contributed by atoms with Crippen LogP contribution in [0.25, 0.3) is 88.0 Å². The second kappa shape index (κ2) is 10.6. The molecule has 0 saturated heterocycles. The highest BCUT2D eigenvalue weighted by Gasteiger charge is 2.21. The summed E-state index contributed by atoms with van der Waals surface area (Å²) >= 11 is 0. The Bertz CT molecular complexity index is 2830. The molecule has 0 aliphatic rings. The summed E-state index contributed by atoms with van der Waals surface area (Å²) in [4.78, 5) is 0. The number of nitrogens with zero attached hydrogens (tertiary/aromatic N) is 2. The largest absolute Gasteiger partial charge is 0.307 e. The molecule has 0 N–H and O–H groups in total. The summed E-state index contributed by atoms with van der Waals surface area (Å²) in [7, 11) is 0. The molecule has 10 aromatic rings. The molecule has 8 aromatic carbocycles. The van der Waals surface area contributed by atoms with Gasteiger partial charge in [0.05, 0.1) is 22.1 Å². The molecule has 0 amide bonds. The number of hydrogen-bond acceptors (Lipinski definition) is 0. The summed E-state index contributed by atoms with van der Waals surface area (Å²) in [6, 6.07) is 66.2. The van der Waals surface area contributed by atoms with Crippen molar-refractivity contribution in [2.24, 2.45) is 0 Å². The molecule has 0 bridgehead atoms. The molecule has 0 saturated carbocycles. The van der Waals surface area contributed by atoms with E-state index in [1.165, 1.54) is 76.6 Å². The lowest BCUT2D eigenvalue weighted by Gasteiger charge is -2.14. The van der Waals surface area contributed by atoms with Gasteiger partial charge in [-0.25, -0.2) is 0 Å². The molecule has 2 heterocycles. The van der Waals surface area contributed by atoms with E-state index < -0.39 is 0 Å². The number of rotatable bonds is 4. The summed E-state index contributed by atoms with van der Waals surface area (Å²) in [5.74, 6) is 0. The maximum atomic E-state index is 2.48. The molecule has 2 nitrogen and oxygen atoms in total. The van der Waals surface area contributed by atoms with Gasteiger partial charge in [0, 0.05) is 32.9 Å². The Morgan fingerprint density at radius 3 is 1.38 bits per heavy atom. The molecule has 0 unspecified atom stereocenters. The second-order valence-electron chi connectivity index (χ2n) is 12.6. The Balaban J connectivity index is 1.30. The fraction of sp³-hybridized carbons (Fsp3) is 0. The fourth-order valence-electron chi connectivity index (χ4n) is 7.69. The van der Waals surface area contributed by atoms with E-state index in [4.69, 9.17) is 0 Å². The molecule has 0 aliphatic heterocycles. The zero-order chi connectivity index (χ0) is 31.6. The van der Waals surface area contributed by atoms with Crippen LogP contribution in [0.1, 0.15) is 0 Å².